The molecule has 2 aromatic rings. The van der Waals surface area contributed by atoms with Crippen molar-refractivity contribution in [3.8, 4) is 0 Å². The summed E-state index contributed by atoms with van der Waals surface area (Å²) in [6, 6.07) is 11.7. The van der Waals surface area contributed by atoms with Gasteiger partial charge in [0.1, 0.15) is 5.76 Å². The minimum absolute atomic E-state index is 0.101. The molecule has 114 valence electrons. The van der Waals surface area contributed by atoms with Crippen LogP contribution in [0.1, 0.15) is 17.7 Å². The normalized spacial score (nSPS) is 18.3. The van der Waals surface area contributed by atoms with Gasteiger partial charge in [-0.05, 0) is 41.6 Å². The van der Waals surface area contributed by atoms with Crippen LogP contribution in [0, 0.1) is 0 Å². The average molecular weight is 324 g/mol. The highest BCUT2D eigenvalue weighted by Gasteiger charge is 2.24. The summed E-state index contributed by atoms with van der Waals surface area (Å²) < 4.78 is 5.70. The van der Waals surface area contributed by atoms with Crippen molar-refractivity contribution in [1.82, 2.24) is 5.32 Å². The Bertz CT molecular complexity index is 879. The van der Waals surface area contributed by atoms with Gasteiger partial charge in [0, 0.05) is 12.0 Å². The maximum atomic E-state index is 11.5. The van der Waals surface area contributed by atoms with Crippen LogP contribution in [0.25, 0.3) is 6.08 Å². The maximum absolute atomic E-state index is 11.5. The molecular formula is C17H12N2O3S. The smallest absolute Gasteiger partial charge is 0.254 e. The lowest BCUT2D eigenvalue weighted by Crippen LogP contribution is -2.19. The zero-order chi connectivity index (χ0) is 15.8. The number of furan rings is 1. The number of imide groups is 1. The zero-order valence-corrected chi connectivity index (χ0v) is 12.9. The molecule has 2 aliphatic heterocycles. The van der Waals surface area contributed by atoms with E-state index >= 15 is 0 Å². The summed E-state index contributed by atoms with van der Waals surface area (Å²) >= 11 is 1.47. The number of nitrogens with one attached hydrogen (secondary N) is 1. The number of carbonyl (C=O) groups is 2. The third-order valence-electron chi connectivity index (χ3n) is 3.61. The molecule has 6 heteroatoms. The van der Waals surface area contributed by atoms with E-state index in [1.54, 1.807) is 12.1 Å². The molecule has 2 amide bonds. The number of hydrogen-bond donors (Lipinski definition) is 1. The first-order valence-corrected chi connectivity index (χ1v) is 7.97. The summed E-state index contributed by atoms with van der Waals surface area (Å²) in [7, 11) is 0. The van der Waals surface area contributed by atoms with Crippen molar-refractivity contribution >= 4 is 40.4 Å². The third kappa shape index (κ3) is 2.85. The quantitative estimate of drug-likeness (QED) is 0.680. The Hall–Kier alpha value is -2.60. The number of carbonyl (C=O) groups excluding carboxylic acids is 2. The van der Waals surface area contributed by atoms with Crippen molar-refractivity contribution in [2.45, 2.75) is 17.9 Å². The van der Waals surface area contributed by atoms with Gasteiger partial charge in [-0.3, -0.25) is 14.9 Å². The number of para-hydroxylation sites is 1. The number of benzene rings is 1. The zero-order valence-electron chi connectivity index (χ0n) is 12.0. The summed E-state index contributed by atoms with van der Waals surface area (Å²) in [4.78, 5) is 27.3. The predicted molar refractivity (Wildman–Crippen MR) is 87.5 cm³/mol. The maximum Gasteiger partial charge on any atom is 0.254 e. The first-order chi connectivity index (χ1) is 11.2. The van der Waals surface area contributed by atoms with Crippen LogP contribution in [0.4, 0.5) is 5.69 Å². The Labute approximate surface area is 136 Å². The molecule has 0 bridgehead atoms. The van der Waals surface area contributed by atoms with E-state index in [4.69, 9.17) is 4.42 Å². The Balaban J connectivity index is 1.49. The summed E-state index contributed by atoms with van der Waals surface area (Å²) in [6.45, 7) is 0. The number of rotatable bonds is 2. The molecule has 5 nitrogen and oxygen atoms in total. The van der Waals surface area contributed by atoms with Gasteiger partial charge in [-0.15, -0.1) is 0 Å². The number of thioether (sulfide) groups is 1. The summed E-state index contributed by atoms with van der Waals surface area (Å²) in [5.74, 6) is -0.0693. The standard InChI is InChI=1S/C17H12N2O3S/c20-14-8-11(17(21)19-14)7-12-5-6-16(22-12)23-15-9-10-3-1-2-4-13(10)18-15/h1-7H,8-9H2,(H,19,20,21)/b11-7+. The minimum atomic E-state index is -0.351. The van der Waals surface area contributed by atoms with E-state index in [0.29, 0.717) is 16.4 Å². The monoisotopic (exact) mass is 324 g/mol. The first-order valence-electron chi connectivity index (χ1n) is 7.15. The van der Waals surface area contributed by atoms with Crippen LogP contribution in [-0.4, -0.2) is 16.9 Å². The van der Waals surface area contributed by atoms with Crippen molar-refractivity contribution < 1.29 is 14.0 Å². The van der Waals surface area contributed by atoms with Crippen LogP contribution in [0.2, 0.25) is 0 Å². The second-order valence-corrected chi connectivity index (χ2v) is 6.37. The van der Waals surface area contributed by atoms with Crippen LogP contribution >= 0.6 is 11.8 Å². The lowest BCUT2D eigenvalue weighted by atomic mass is 10.2. The predicted octanol–water partition coefficient (Wildman–Crippen LogP) is 3.09. The summed E-state index contributed by atoms with van der Waals surface area (Å²) in [5.41, 5.74) is 2.64. The van der Waals surface area contributed by atoms with Gasteiger partial charge in [0.25, 0.3) is 5.91 Å². The van der Waals surface area contributed by atoms with E-state index in [9.17, 15) is 9.59 Å². The summed E-state index contributed by atoms with van der Waals surface area (Å²) in [6.07, 6.45) is 2.51. The number of hydrogen-bond acceptors (Lipinski definition) is 5. The van der Waals surface area contributed by atoms with Gasteiger partial charge in [0.05, 0.1) is 17.2 Å². The van der Waals surface area contributed by atoms with Gasteiger partial charge < -0.3 is 4.42 Å². The van der Waals surface area contributed by atoms with Crippen LogP contribution in [0.5, 0.6) is 0 Å². The Morgan fingerprint density at radius 2 is 2.00 bits per heavy atom. The van der Waals surface area contributed by atoms with E-state index in [2.05, 4.69) is 16.4 Å². The molecule has 0 atom stereocenters. The molecule has 1 N–H and O–H groups in total. The fourth-order valence-electron chi connectivity index (χ4n) is 2.54. The summed E-state index contributed by atoms with van der Waals surface area (Å²) in [5, 5.41) is 3.95. The second-order valence-electron chi connectivity index (χ2n) is 5.29. The fourth-order valence-corrected chi connectivity index (χ4v) is 3.42. The highest BCUT2D eigenvalue weighted by Crippen LogP contribution is 2.34. The van der Waals surface area contributed by atoms with Gasteiger partial charge in [0.2, 0.25) is 5.91 Å². The van der Waals surface area contributed by atoms with Crippen molar-refractivity contribution in [3.63, 3.8) is 0 Å². The van der Waals surface area contributed by atoms with E-state index in [-0.39, 0.29) is 18.2 Å². The molecule has 1 aromatic heterocycles. The van der Waals surface area contributed by atoms with Crippen molar-refractivity contribution in [2.24, 2.45) is 4.99 Å². The Morgan fingerprint density at radius 1 is 1.13 bits per heavy atom. The molecule has 0 unspecified atom stereocenters. The SMILES string of the molecule is O=C1C/C(=C\c2ccc(SC3=Nc4ccccc4C3)o2)C(=O)N1. The van der Waals surface area contributed by atoms with Crippen molar-refractivity contribution in [3.05, 3.63) is 53.3 Å². The number of aliphatic imine (C=N–C) groups is 1. The Kier molecular flexibility index (Phi) is 3.38. The molecule has 2 aliphatic rings. The largest absolute Gasteiger partial charge is 0.450 e. The molecule has 23 heavy (non-hydrogen) atoms. The minimum Gasteiger partial charge on any atom is -0.450 e. The molecule has 0 aliphatic carbocycles. The van der Waals surface area contributed by atoms with Gasteiger partial charge in [-0.2, -0.15) is 0 Å². The lowest BCUT2D eigenvalue weighted by Gasteiger charge is -1.96. The number of amides is 2. The highest BCUT2D eigenvalue weighted by atomic mass is 32.2. The Morgan fingerprint density at radius 3 is 2.78 bits per heavy atom. The van der Waals surface area contributed by atoms with E-state index in [0.717, 1.165) is 17.2 Å². The van der Waals surface area contributed by atoms with Gasteiger partial charge in [-0.25, -0.2) is 4.99 Å². The van der Waals surface area contributed by atoms with Gasteiger partial charge in [0.15, 0.2) is 5.09 Å². The van der Waals surface area contributed by atoms with Crippen LogP contribution in [0.15, 0.2) is 56.5 Å². The molecule has 1 fully saturated rings. The molecule has 0 radical (unpaired) electrons. The van der Waals surface area contributed by atoms with Crippen molar-refractivity contribution in [2.75, 3.05) is 0 Å². The third-order valence-corrected chi connectivity index (χ3v) is 4.50. The van der Waals surface area contributed by atoms with Crippen LogP contribution < -0.4 is 5.32 Å². The first kappa shape index (κ1) is 14.0. The molecule has 3 heterocycles. The fraction of sp³-hybridized carbons (Fsp3) is 0.118. The molecular weight excluding hydrogens is 312 g/mol. The van der Waals surface area contributed by atoms with Gasteiger partial charge in [-0.1, -0.05) is 18.2 Å². The topological polar surface area (TPSA) is 71.7 Å². The molecule has 0 spiro atoms. The molecule has 4 rings (SSSR count). The van der Waals surface area contributed by atoms with E-state index in [1.807, 2.05) is 24.3 Å². The van der Waals surface area contributed by atoms with E-state index in [1.165, 1.54) is 17.3 Å². The molecule has 1 aromatic carbocycles. The highest BCUT2D eigenvalue weighted by molar-refractivity contribution is 8.13. The van der Waals surface area contributed by atoms with E-state index < -0.39 is 0 Å². The van der Waals surface area contributed by atoms with Gasteiger partial charge >= 0.3 is 0 Å². The van der Waals surface area contributed by atoms with Crippen LogP contribution in [-0.2, 0) is 16.0 Å². The van der Waals surface area contributed by atoms with Crippen molar-refractivity contribution in [1.29, 1.82) is 0 Å². The average Bonchev–Trinajstić information content (AvgIpc) is 3.19. The number of fused-ring (bicyclic) bond motifs is 1. The van der Waals surface area contributed by atoms with Crippen LogP contribution in [0.3, 0.4) is 0 Å². The second kappa shape index (κ2) is 5.55. The lowest BCUT2D eigenvalue weighted by molar-refractivity contribution is -0.124. The molecule has 1 saturated heterocycles. The molecule has 0 saturated carbocycles. The number of nitrogens with zero attached hydrogens (tertiary/aromatic N) is 1.